The molecule has 1 spiro atoms. The molecular formula is C72H55N. The smallest absolute Gasteiger partial charge is 0.0725 e. The van der Waals surface area contributed by atoms with Crippen molar-refractivity contribution in [3.05, 3.63) is 293 Å². The van der Waals surface area contributed by atoms with Gasteiger partial charge in [0, 0.05) is 27.8 Å². The summed E-state index contributed by atoms with van der Waals surface area (Å²) in [6, 6.07) is 82.3. The van der Waals surface area contributed by atoms with E-state index in [1.807, 2.05) is 0 Å². The molecule has 1 unspecified atom stereocenters. The van der Waals surface area contributed by atoms with E-state index in [0.717, 1.165) is 17.1 Å². The lowest BCUT2D eigenvalue weighted by atomic mass is 9.70. The van der Waals surface area contributed by atoms with E-state index in [1.54, 1.807) is 0 Å². The Morgan fingerprint density at radius 2 is 0.973 bits per heavy atom. The van der Waals surface area contributed by atoms with Gasteiger partial charge in [-0.05, 0) is 160 Å². The minimum absolute atomic E-state index is 0.166. The molecule has 0 N–H and O–H groups in total. The number of hydrogen-bond donors (Lipinski definition) is 0. The van der Waals surface area contributed by atoms with Crippen molar-refractivity contribution in [1.82, 2.24) is 0 Å². The minimum Gasteiger partial charge on any atom is -0.310 e. The van der Waals surface area contributed by atoms with Gasteiger partial charge in [-0.1, -0.05) is 228 Å². The summed E-state index contributed by atoms with van der Waals surface area (Å²) in [6.45, 7) is 16.1. The third-order valence-corrected chi connectivity index (χ3v) is 17.2. The van der Waals surface area contributed by atoms with E-state index < -0.39 is 5.41 Å². The van der Waals surface area contributed by atoms with Gasteiger partial charge in [-0.15, -0.1) is 0 Å². The quantitative estimate of drug-likeness (QED) is 0.154. The minimum atomic E-state index is -0.440. The number of para-hydroxylation sites is 1. The molecule has 0 heterocycles. The standard InChI is InChI=1S/C72H55N/c1-7-51-56-37-35-49(43-66(56)71(5,6)65(51)41-45(2)46-21-9-8-10-22-46)73(50-36-38-57-54-26-13-17-29-60(54)70(3,4)67(57)44-50)68-32-20-16-24-52(68)48-34-39-63-59(42-48)55-27-14-18-30-61(55)72(63)62-31-19-15-28-58(62)69-53-25-12-11-23-47(53)33-40-64(69)72/h7-44H,1H2,2-6H3/b45-41+. The van der Waals surface area contributed by atoms with Crippen molar-refractivity contribution in [2.45, 2.75) is 50.9 Å². The van der Waals surface area contributed by atoms with Crippen molar-refractivity contribution in [2.24, 2.45) is 0 Å². The van der Waals surface area contributed by atoms with Crippen LogP contribution in [0.2, 0.25) is 0 Å². The molecule has 73 heavy (non-hydrogen) atoms. The molecule has 0 amide bonds. The van der Waals surface area contributed by atoms with Gasteiger partial charge in [-0.2, -0.15) is 0 Å². The number of allylic oxidation sites excluding steroid dienone is 5. The van der Waals surface area contributed by atoms with Crippen LogP contribution >= 0.6 is 0 Å². The van der Waals surface area contributed by atoms with Gasteiger partial charge in [0.05, 0.1) is 11.1 Å². The predicted octanol–water partition coefficient (Wildman–Crippen LogP) is 19.0. The van der Waals surface area contributed by atoms with Crippen LogP contribution in [0, 0.1) is 0 Å². The molecule has 10 aromatic carbocycles. The van der Waals surface area contributed by atoms with Gasteiger partial charge >= 0.3 is 0 Å². The highest BCUT2D eigenvalue weighted by atomic mass is 15.1. The lowest BCUT2D eigenvalue weighted by molar-refractivity contribution is 0.654. The molecule has 1 nitrogen and oxygen atoms in total. The molecule has 0 bridgehead atoms. The summed E-state index contributed by atoms with van der Waals surface area (Å²) < 4.78 is 0. The average Bonchev–Trinajstić information content (AvgIpc) is 4.07. The number of rotatable bonds is 7. The van der Waals surface area contributed by atoms with E-state index in [0.29, 0.717) is 0 Å². The molecule has 0 saturated carbocycles. The van der Waals surface area contributed by atoms with Crippen molar-refractivity contribution in [3.8, 4) is 44.5 Å². The average molecular weight is 934 g/mol. The zero-order valence-electron chi connectivity index (χ0n) is 42.1. The monoisotopic (exact) mass is 933 g/mol. The highest BCUT2D eigenvalue weighted by molar-refractivity contribution is 6.07. The summed E-state index contributed by atoms with van der Waals surface area (Å²) in [7, 11) is 0. The zero-order chi connectivity index (χ0) is 49.4. The van der Waals surface area contributed by atoms with Gasteiger partial charge in [0.2, 0.25) is 0 Å². The number of hydrogen-bond acceptors (Lipinski definition) is 1. The molecule has 0 aromatic heterocycles. The Labute approximate surface area is 429 Å². The predicted molar refractivity (Wildman–Crippen MR) is 308 cm³/mol. The van der Waals surface area contributed by atoms with E-state index >= 15 is 0 Å². The largest absolute Gasteiger partial charge is 0.310 e. The van der Waals surface area contributed by atoms with Crippen LogP contribution in [0.1, 0.15) is 84.7 Å². The van der Waals surface area contributed by atoms with Crippen LogP contribution in [-0.2, 0) is 16.2 Å². The third-order valence-electron chi connectivity index (χ3n) is 17.2. The van der Waals surface area contributed by atoms with E-state index in [4.69, 9.17) is 0 Å². The third kappa shape index (κ3) is 5.97. The number of nitrogens with zero attached hydrogens (tertiary/aromatic N) is 1. The van der Waals surface area contributed by atoms with E-state index in [-0.39, 0.29) is 10.8 Å². The molecule has 14 rings (SSSR count). The second-order valence-corrected chi connectivity index (χ2v) is 21.6. The molecule has 1 atom stereocenters. The van der Waals surface area contributed by atoms with Crippen LogP contribution in [-0.4, -0.2) is 0 Å². The topological polar surface area (TPSA) is 3.24 Å². The normalized spacial score (nSPS) is 16.9. The van der Waals surface area contributed by atoms with Crippen LogP contribution < -0.4 is 4.90 Å². The van der Waals surface area contributed by atoms with Gasteiger partial charge < -0.3 is 4.90 Å². The first-order valence-electron chi connectivity index (χ1n) is 25.9. The summed E-state index contributed by atoms with van der Waals surface area (Å²) in [6.07, 6.45) is 4.45. The van der Waals surface area contributed by atoms with E-state index in [1.165, 1.54) is 122 Å². The van der Waals surface area contributed by atoms with Crippen molar-refractivity contribution in [2.75, 3.05) is 4.90 Å². The SMILES string of the molecule is C=CC1=C(/C=C(\C)c2ccccc2)C(C)(C)c2cc(N(c3ccc4c(c3)C(C)(C)c3ccccc3-4)c3ccccc3-c3ccc4c(c3)-c3ccccc3C43c4ccccc4-c4c3ccc3ccccc43)ccc21. The van der Waals surface area contributed by atoms with Crippen LogP contribution in [0.3, 0.4) is 0 Å². The fourth-order valence-corrected chi connectivity index (χ4v) is 13.8. The Morgan fingerprint density at radius 1 is 0.425 bits per heavy atom. The summed E-state index contributed by atoms with van der Waals surface area (Å²) in [5, 5.41) is 2.58. The molecule has 4 aliphatic carbocycles. The van der Waals surface area contributed by atoms with Crippen molar-refractivity contribution in [1.29, 1.82) is 0 Å². The fourth-order valence-electron chi connectivity index (χ4n) is 13.8. The Kier molecular flexibility index (Phi) is 9.33. The maximum Gasteiger partial charge on any atom is 0.0725 e. The molecule has 1 heteroatoms. The Hall–Kier alpha value is -8.52. The molecule has 10 aromatic rings. The maximum absolute atomic E-state index is 4.40. The van der Waals surface area contributed by atoms with Crippen molar-refractivity contribution in [3.63, 3.8) is 0 Å². The summed E-state index contributed by atoms with van der Waals surface area (Å²) in [4.78, 5) is 2.53. The van der Waals surface area contributed by atoms with Crippen LogP contribution in [0.4, 0.5) is 17.1 Å². The molecule has 4 aliphatic rings. The molecule has 0 fully saturated rings. The molecular weight excluding hydrogens is 879 g/mol. The molecule has 0 saturated heterocycles. The fraction of sp³-hybridized carbons (Fsp3) is 0.111. The van der Waals surface area contributed by atoms with E-state index in [2.05, 4.69) is 277 Å². The summed E-state index contributed by atoms with van der Waals surface area (Å²) >= 11 is 0. The number of anilines is 3. The highest BCUT2D eigenvalue weighted by Crippen LogP contribution is 2.64. The van der Waals surface area contributed by atoms with Crippen molar-refractivity contribution < 1.29 is 0 Å². The highest BCUT2D eigenvalue weighted by Gasteiger charge is 2.52. The zero-order valence-corrected chi connectivity index (χ0v) is 42.1. The van der Waals surface area contributed by atoms with Crippen molar-refractivity contribution >= 4 is 39.0 Å². The lowest BCUT2D eigenvalue weighted by Crippen LogP contribution is -2.25. The number of benzene rings is 10. The van der Waals surface area contributed by atoms with Gasteiger partial charge in [-0.3, -0.25) is 0 Å². The van der Waals surface area contributed by atoms with Crippen LogP contribution in [0.5, 0.6) is 0 Å². The first-order valence-corrected chi connectivity index (χ1v) is 25.9. The van der Waals surface area contributed by atoms with Gasteiger partial charge in [-0.25, -0.2) is 0 Å². The maximum atomic E-state index is 4.40. The van der Waals surface area contributed by atoms with Gasteiger partial charge in [0.25, 0.3) is 0 Å². The Balaban J connectivity index is 0.963. The second-order valence-electron chi connectivity index (χ2n) is 21.6. The van der Waals surface area contributed by atoms with Crippen LogP contribution in [0.25, 0.3) is 66.4 Å². The molecule has 0 radical (unpaired) electrons. The summed E-state index contributed by atoms with van der Waals surface area (Å²) in [5.41, 5.74) is 28.4. The van der Waals surface area contributed by atoms with Gasteiger partial charge in [0.15, 0.2) is 0 Å². The lowest BCUT2D eigenvalue weighted by Gasteiger charge is -2.32. The first-order chi connectivity index (χ1) is 35.6. The molecule has 0 aliphatic heterocycles. The van der Waals surface area contributed by atoms with E-state index in [9.17, 15) is 0 Å². The van der Waals surface area contributed by atoms with Gasteiger partial charge in [0.1, 0.15) is 0 Å². The van der Waals surface area contributed by atoms with Crippen LogP contribution in [0.15, 0.2) is 243 Å². The second kappa shape index (κ2) is 15.7. The Bertz CT molecular complexity index is 4060. The molecule has 348 valence electrons. The number of fused-ring (bicyclic) bond motifs is 16. The first kappa shape index (κ1) is 43.3. The summed E-state index contributed by atoms with van der Waals surface area (Å²) in [5.74, 6) is 0. The Morgan fingerprint density at radius 3 is 1.71 bits per heavy atom.